The first-order valence-corrected chi connectivity index (χ1v) is 14.3. The standard InChI is InChI=1S/C37H30N2O5/c1-25-21-29(15-16-32(25)43-24-27-9-4-2-5-10-27)35(40)33-34(39(37(42)36(33)41)23-26-17-19-38-20-18-26)28-11-8-14-31(22-28)44-30-12-6-3-7-13-30/h2-22,34,40H,23-24H2,1H3/b35-33+. The maximum Gasteiger partial charge on any atom is 0.295 e. The van der Waals surface area contributed by atoms with E-state index in [0.29, 0.717) is 35.0 Å². The summed E-state index contributed by atoms with van der Waals surface area (Å²) in [7, 11) is 0. The van der Waals surface area contributed by atoms with Crippen LogP contribution < -0.4 is 9.47 Å². The number of benzene rings is 4. The predicted octanol–water partition coefficient (Wildman–Crippen LogP) is 7.38. The number of rotatable bonds is 9. The molecule has 1 atom stereocenters. The second-order valence-corrected chi connectivity index (χ2v) is 10.5. The number of hydrogen-bond acceptors (Lipinski definition) is 6. The third-order valence-electron chi connectivity index (χ3n) is 7.48. The van der Waals surface area contributed by atoms with Crippen molar-refractivity contribution in [3.63, 3.8) is 0 Å². The molecule has 0 bridgehead atoms. The van der Waals surface area contributed by atoms with Gasteiger partial charge in [-0.1, -0.05) is 60.7 Å². The predicted molar refractivity (Wildman–Crippen MR) is 167 cm³/mol. The quantitative estimate of drug-likeness (QED) is 0.111. The largest absolute Gasteiger partial charge is 0.507 e. The summed E-state index contributed by atoms with van der Waals surface area (Å²) < 4.78 is 12.1. The molecule has 6 rings (SSSR count). The lowest BCUT2D eigenvalue weighted by Gasteiger charge is -2.26. The van der Waals surface area contributed by atoms with E-state index < -0.39 is 17.7 Å². The highest BCUT2D eigenvalue weighted by Crippen LogP contribution is 2.42. The summed E-state index contributed by atoms with van der Waals surface area (Å²) in [6.07, 6.45) is 3.28. The van der Waals surface area contributed by atoms with Crippen molar-refractivity contribution in [1.82, 2.24) is 9.88 Å². The Labute approximate surface area is 255 Å². The summed E-state index contributed by atoms with van der Waals surface area (Å²) >= 11 is 0. The van der Waals surface area contributed by atoms with Crippen LogP contribution in [0.3, 0.4) is 0 Å². The molecule has 4 aromatic carbocycles. The number of aryl methyl sites for hydroxylation is 1. The van der Waals surface area contributed by atoms with E-state index in [1.54, 1.807) is 48.8 Å². The molecule has 1 saturated heterocycles. The Balaban J connectivity index is 1.38. The van der Waals surface area contributed by atoms with E-state index in [-0.39, 0.29) is 17.9 Å². The first-order valence-electron chi connectivity index (χ1n) is 14.3. The molecular formula is C37H30N2O5. The Kier molecular flexibility index (Phi) is 8.19. The lowest BCUT2D eigenvalue weighted by Crippen LogP contribution is -2.29. The third-order valence-corrected chi connectivity index (χ3v) is 7.48. The molecule has 0 radical (unpaired) electrons. The van der Waals surface area contributed by atoms with Gasteiger partial charge in [0.2, 0.25) is 0 Å². The SMILES string of the molecule is Cc1cc(/C(O)=C2\C(=O)C(=O)N(Cc3ccncc3)C2c2cccc(Oc3ccccc3)c2)ccc1OCc1ccccc1. The smallest absolute Gasteiger partial charge is 0.295 e. The molecule has 218 valence electrons. The van der Waals surface area contributed by atoms with Gasteiger partial charge in [0.25, 0.3) is 11.7 Å². The van der Waals surface area contributed by atoms with Crippen molar-refractivity contribution in [3.8, 4) is 17.2 Å². The number of aliphatic hydroxyl groups excluding tert-OH is 1. The van der Waals surface area contributed by atoms with Crippen molar-refractivity contribution in [2.45, 2.75) is 26.1 Å². The molecule has 44 heavy (non-hydrogen) atoms. The number of pyridine rings is 1. The number of hydrogen-bond donors (Lipinski definition) is 1. The Bertz CT molecular complexity index is 1820. The summed E-state index contributed by atoms with van der Waals surface area (Å²) in [5.74, 6) is 0.156. The first kappa shape index (κ1) is 28.4. The van der Waals surface area contributed by atoms with Gasteiger partial charge < -0.3 is 19.5 Å². The van der Waals surface area contributed by atoms with E-state index in [0.717, 1.165) is 16.7 Å². The molecule has 2 heterocycles. The number of amides is 1. The summed E-state index contributed by atoms with van der Waals surface area (Å²) in [5, 5.41) is 11.6. The number of carbonyl (C=O) groups is 2. The van der Waals surface area contributed by atoms with E-state index in [2.05, 4.69) is 4.98 Å². The van der Waals surface area contributed by atoms with Crippen molar-refractivity contribution in [2.75, 3.05) is 0 Å². The Morgan fingerprint density at radius 1 is 0.795 bits per heavy atom. The molecule has 1 amide bonds. The van der Waals surface area contributed by atoms with Gasteiger partial charge in [-0.05, 0) is 83.8 Å². The van der Waals surface area contributed by atoms with Crippen LogP contribution in [0.25, 0.3) is 5.76 Å². The minimum atomic E-state index is -0.850. The Hall–Kier alpha value is -5.69. The number of ether oxygens (including phenoxy) is 2. The van der Waals surface area contributed by atoms with Gasteiger partial charge in [-0.15, -0.1) is 0 Å². The van der Waals surface area contributed by atoms with Crippen LogP contribution >= 0.6 is 0 Å². The van der Waals surface area contributed by atoms with Gasteiger partial charge >= 0.3 is 0 Å². The van der Waals surface area contributed by atoms with Gasteiger partial charge in [-0.2, -0.15) is 0 Å². The van der Waals surface area contributed by atoms with Crippen LogP contribution in [-0.4, -0.2) is 26.7 Å². The van der Waals surface area contributed by atoms with Gasteiger partial charge in [-0.3, -0.25) is 14.6 Å². The number of para-hydroxylation sites is 1. The van der Waals surface area contributed by atoms with E-state index >= 15 is 0 Å². The summed E-state index contributed by atoms with van der Waals surface area (Å²) in [6, 6.07) is 34.4. The number of ketones is 1. The molecular weight excluding hydrogens is 552 g/mol. The Morgan fingerprint density at radius 3 is 2.23 bits per heavy atom. The second kappa shape index (κ2) is 12.7. The van der Waals surface area contributed by atoms with Crippen molar-refractivity contribution >= 4 is 17.4 Å². The minimum Gasteiger partial charge on any atom is -0.507 e. The van der Waals surface area contributed by atoms with Crippen LogP contribution in [0, 0.1) is 6.92 Å². The normalized spacial score (nSPS) is 15.8. The monoisotopic (exact) mass is 582 g/mol. The lowest BCUT2D eigenvalue weighted by atomic mass is 9.94. The average molecular weight is 583 g/mol. The van der Waals surface area contributed by atoms with Crippen LogP contribution in [-0.2, 0) is 22.7 Å². The van der Waals surface area contributed by atoms with E-state index in [1.807, 2.05) is 85.8 Å². The topological polar surface area (TPSA) is 89.0 Å². The van der Waals surface area contributed by atoms with Gasteiger partial charge in [0.15, 0.2) is 0 Å². The van der Waals surface area contributed by atoms with Crippen LogP contribution in [0.15, 0.2) is 133 Å². The zero-order valence-corrected chi connectivity index (χ0v) is 24.1. The fourth-order valence-electron chi connectivity index (χ4n) is 5.30. The second-order valence-electron chi connectivity index (χ2n) is 10.5. The van der Waals surface area contributed by atoms with Crippen molar-refractivity contribution in [3.05, 3.63) is 161 Å². The highest BCUT2D eigenvalue weighted by Gasteiger charge is 2.46. The number of aliphatic hydroxyl groups is 1. The number of Topliss-reactive ketones (excluding diaryl/α,β-unsaturated/α-hetero) is 1. The minimum absolute atomic E-state index is 0.0123. The fraction of sp³-hybridized carbons (Fsp3) is 0.108. The van der Waals surface area contributed by atoms with E-state index in [4.69, 9.17) is 9.47 Å². The number of carbonyl (C=O) groups excluding carboxylic acids is 2. The summed E-state index contributed by atoms with van der Waals surface area (Å²) in [6.45, 7) is 2.43. The molecule has 5 aromatic rings. The summed E-state index contributed by atoms with van der Waals surface area (Å²) in [4.78, 5) is 32.7. The lowest BCUT2D eigenvalue weighted by molar-refractivity contribution is -0.140. The van der Waals surface area contributed by atoms with Crippen LogP contribution in [0.2, 0.25) is 0 Å². The molecule has 0 spiro atoms. The van der Waals surface area contributed by atoms with Crippen LogP contribution in [0.4, 0.5) is 0 Å². The van der Waals surface area contributed by atoms with E-state index in [1.165, 1.54) is 4.90 Å². The molecule has 0 saturated carbocycles. The van der Waals surface area contributed by atoms with Crippen molar-refractivity contribution in [2.24, 2.45) is 0 Å². The zero-order valence-electron chi connectivity index (χ0n) is 24.1. The van der Waals surface area contributed by atoms with Gasteiger partial charge in [0.1, 0.15) is 29.6 Å². The highest BCUT2D eigenvalue weighted by molar-refractivity contribution is 6.46. The highest BCUT2D eigenvalue weighted by atomic mass is 16.5. The van der Waals surface area contributed by atoms with Gasteiger partial charge in [0, 0.05) is 24.5 Å². The van der Waals surface area contributed by atoms with Crippen molar-refractivity contribution < 1.29 is 24.2 Å². The van der Waals surface area contributed by atoms with Gasteiger partial charge in [-0.25, -0.2) is 0 Å². The molecule has 7 heteroatoms. The molecule has 0 aliphatic carbocycles. The van der Waals surface area contributed by atoms with E-state index in [9.17, 15) is 14.7 Å². The zero-order chi connectivity index (χ0) is 30.5. The maximum atomic E-state index is 13.6. The maximum absolute atomic E-state index is 13.6. The molecule has 1 unspecified atom stereocenters. The molecule has 1 aliphatic rings. The Morgan fingerprint density at radius 2 is 1.50 bits per heavy atom. The molecule has 1 fully saturated rings. The third kappa shape index (κ3) is 6.08. The molecule has 1 aromatic heterocycles. The average Bonchev–Trinajstić information content (AvgIpc) is 3.30. The number of aromatic nitrogens is 1. The number of nitrogens with zero attached hydrogens (tertiary/aromatic N) is 2. The van der Waals surface area contributed by atoms with Crippen LogP contribution in [0.1, 0.15) is 33.9 Å². The molecule has 1 aliphatic heterocycles. The van der Waals surface area contributed by atoms with Crippen molar-refractivity contribution in [1.29, 1.82) is 0 Å². The number of likely N-dealkylation sites (tertiary alicyclic amines) is 1. The van der Waals surface area contributed by atoms with Crippen LogP contribution in [0.5, 0.6) is 17.2 Å². The molecule has 7 nitrogen and oxygen atoms in total. The summed E-state index contributed by atoms with van der Waals surface area (Å²) in [5.41, 5.74) is 3.68. The fourth-order valence-corrected chi connectivity index (χ4v) is 5.30. The molecule has 1 N–H and O–H groups in total. The van der Waals surface area contributed by atoms with Gasteiger partial charge in [0.05, 0.1) is 11.6 Å². The first-order chi connectivity index (χ1) is 21.5.